The van der Waals surface area contributed by atoms with Crippen molar-refractivity contribution in [1.82, 2.24) is 10.3 Å². The average molecular weight is 329 g/mol. The highest BCUT2D eigenvalue weighted by Crippen LogP contribution is 2.21. The smallest absolute Gasteiger partial charge is 0.252 e. The standard InChI is InChI=1S/C17H19N3O4/c1-11(13-2-3-15(21)14(8-13)17(18)23)20-16(22)10-24-9-12-4-6-19-7-5-12/h2-8,11,21H,9-10H2,1H3,(H2,18,23)(H,20,22). The van der Waals surface area contributed by atoms with Gasteiger partial charge in [0.15, 0.2) is 0 Å². The van der Waals surface area contributed by atoms with Crippen LogP contribution in [0.2, 0.25) is 0 Å². The van der Waals surface area contributed by atoms with Crippen LogP contribution in [-0.4, -0.2) is 28.5 Å². The number of primary amides is 1. The SMILES string of the molecule is CC(NC(=O)COCc1ccncc1)c1ccc(O)c(C(N)=O)c1. The number of nitrogens with two attached hydrogens (primary N) is 1. The molecule has 0 fully saturated rings. The molecule has 0 spiro atoms. The normalized spacial score (nSPS) is 11.7. The fourth-order valence-electron chi connectivity index (χ4n) is 2.13. The molecule has 1 heterocycles. The molecule has 0 saturated carbocycles. The second-order valence-electron chi connectivity index (χ2n) is 5.28. The molecular formula is C17H19N3O4. The predicted molar refractivity (Wildman–Crippen MR) is 87.1 cm³/mol. The van der Waals surface area contributed by atoms with Gasteiger partial charge in [0, 0.05) is 12.4 Å². The van der Waals surface area contributed by atoms with E-state index in [2.05, 4.69) is 10.3 Å². The summed E-state index contributed by atoms with van der Waals surface area (Å²) in [4.78, 5) is 27.1. The molecule has 1 aromatic heterocycles. The number of carbonyl (C=O) groups is 2. The number of hydrogen-bond acceptors (Lipinski definition) is 5. The highest BCUT2D eigenvalue weighted by molar-refractivity contribution is 5.95. The third-order valence-corrected chi connectivity index (χ3v) is 3.41. The summed E-state index contributed by atoms with van der Waals surface area (Å²) in [5.74, 6) is -1.20. The molecule has 0 aliphatic carbocycles. The van der Waals surface area contributed by atoms with Crippen LogP contribution in [0.15, 0.2) is 42.7 Å². The van der Waals surface area contributed by atoms with Crippen LogP contribution >= 0.6 is 0 Å². The van der Waals surface area contributed by atoms with Gasteiger partial charge in [0.25, 0.3) is 5.91 Å². The summed E-state index contributed by atoms with van der Waals surface area (Å²) < 4.78 is 5.35. The number of benzene rings is 1. The summed E-state index contributed by atoms with van der Waals surface area (Å²) in [6, 6.07) is 7.70. The Labute approximate surface area is 139 Å². The van der Waals surface area contributed by atoms with E-state index in [9.17, 15) is 14.7 Å². The van der Waals surface area contributed by atoms with Gasteiger partial charge in [0.05, 0.1) is 18.2 Å². The van der Waals surface area contributed by atoms with Gasteiger partial charge in [-0.05, 0) is 42.3 Å². The van der Waals surface area contributed by atoms with Gasteiger partial charge in [0.1, 0.15) is 12.4 Å². The van der Waals surface area contributed by atoms with Crippen molar-refractivity contribution in [2.24, 2.45) is 5.73 Å². The Balaban J connectivity index is 1.87. The van der Waals surface area contributed by atoms with Gasteiger partial charge in [-0.15, -0.1) is 0 Å². The molecule has 0 saturated heterocycles. The van der Waals surface area contributed by atoms with Crippen molar-refractivity contribution in [3.63, 3.8) is 0 Å². The zero-order valence-electron chi connectivity index (χ0n) is 13.2. The lowest BCUT2D eigenvalue weighted by molar-refractivity contribution is -0.126. The summed E-state index contributed by atoms with van der Waals surface area (Å²) in [7, 11) is 0. The van der Waals surface area contributed by atoms with Crippen molar-refractivity contribution >= 4 is 11.8 Å². The maximum Gasteiger partial charge on any atom is 0.252 e. The van der Waals surface area contributed by atoms with E-state index in [1.165, 1.54) is 12.1 Å². The monoisotopic (exact) mass is 329 g/mol. The Morgan fingerprint density at radius 3 is 2.67 bits per heavy atom. The highest BCUT2D eigenvalue weighted by Gasteiger charge is 2.14. The van der Waals surface area contributed by atoms with E-state index in [1.54, 1.807) is 25.4 Å². The molecule has 0 radical (unpaired) electrons. The second-order valence-corrected chi connectivity index (χ2v) is 5.28. The number of aromatic nitrogens is 1. The second kappa shape index (κ2) is 8.07. The van der Waals surface area contributed by atoms with Gasteiger partial charge in [0.2, 0.25) is 5.91 Å². The number of nitrogens with one attached hydrogen (secondary N) is 1. The lowest BCUT2D eigenvalue weighted by atomic mass is 10.0. The van der Waals surface area contributed by atoms with E-state index in [0.717, 1.165) is 5.56 Å². The van der Waals surface area contributed by atoms with Gasteiger partial charge in [-0.25, -0.2) is 0 Å². The van der Waals surface area contributed by atoms with Crippen LogP contribution in [-0.2, 0) is 16.1 Å². The maximum absolute atomic E-state index is 11.9. The minimum Gasteiger partial charge on any atom is -0.507 e. The molecule has 0 bridgehead atoms. The van der Waals surface area contributed by atoms with E-state index in [4.69, 9.17) is 10.5 Å². The lowest BCUT2D eigenvalue weighted by Crippen LogP contribution is -2.30. The Bertz CT molecular complexity index is 719. The van der Waals surface area contributed by atoms with Crippen LogP contribution in [0, 0.1) is 0 Å². The van der Waals surface area contributed by atoms with Crippen molar-refractivity contribution in [1.29, 1.82) is 0 Å². The fourth-order valence-corrected chi connectivity index (χ4v) is 2.13. The molecule has 126 valence electrons. The molecule has 4 N–H and O–H groups in total. The summed E-state index contributed by atoms with van der Waals surface area (Å²) in [5.41, 5.74) is 6.79. The first-order valence-corrected chi connectivity index (χ1v) is 7.36. The van der Waals surface area contributed by atoms with E-state index < -0.39 is 5.91 Å². The van der Waals surface area contributed by atoms with Crippen LogP contribution in [0.1, 0.15) is 34.5 Å². The third kappa shape index (κ3) is 4.79. The lowest BCUT2D eigenvalue weighted by Gasteiger charge is -2.15. The molecule has 24 heavy (non-hydrogen) atoms. The average Bonchev–Trinajstić information content (AvgIpc) is 2.55. The molecule has 1 atom stereocenters. The molecule has 0 aliphatic heterocycles. The van der Waals surface area contributed by atoms with Crippen LogP contribution in [0.25, 0.3) is 0 Å². The van der Waals surface area contributed by atoms with Gasteiger partial charge >= 0.3 is 0 Å². The van der Waals surface area contributed by atoms with E-state index >= 15 is 0 Å². The first-order chi connectivity index (χ1) is 11.5. The number of amides is 2. The van der Waals surface area contributed by atoms with Crippen LogP contribution in [0.5, 0.6) is 5.75 Å². The van der Waals surface area contributed by atoms with Crippen molar-refractivity contribution in [2.45, 2.75) is 19.6 Å². The minimum atomic E-state index is -0.728. The molecular weight excluding hydrogens is 310 g/mol. The van der Waals surface area contributed by atoms with Gasteiger partial charge in [-0.1, -0.05) is 6.07 Å². The number of rotatable bonds is 7. The van der Waals surface area contributed by atoms with Crippen molar-refractivity contribution in [3.05, 3.63) is 59.4 Å². The molecule has 2 aromatic rings. The first-order valence-electron chi connectivity index (χ1n) is 7.36. The van der Waals surface area contributed by atoms with E-state index in [1.807, 2.05) is 12.1 Å². The summed E-state index contributed by atoms with van der Waals surface area (Å²) >= 11 is 0. The molecule has 2 amide bonds. The van der Waals surface area contributed by atoms with Gasteiger partial charge in [-0.3, -0.25) is 14.6 Å². The number of phenols is 1. The first kappa shape index (κ1) is 17.4. The van der Waals surface area contributed by atoms with Gasteiger partial charge < -0.3 is 20.9 Å². The number of carbonyl (C=O) groups excluding carboxylic acids is 2. The van der Waals surface area contributed by atoms with Crippen molar-refractivity contribution in [3.8, 4) is 5.75 Å². The van der Waals surface area contributed by atoms with Crippen molar-refractivity contribution in [2.75, 3.05) is 6.61 Å². The third-order valence-electron chi connectivity index (χ3n) is 3.41. The quantitative estimate of drug-likeness (QED) is 0.708. The summed E-state index contributed by atoms with van der Waals surface area (Å²) in [6.45, 7) is 1.99. The van der Waals surface area contributed by atoms with E-state index in [-0.39, 0.29) is 29.9 Å². The molecule has 1 aromatic carbocycles. The zero-order valence-corrected chi connectivity index (χ0v) is 13.2. The molecule has 7 heteroatoms. The van der Waals surface area contributed by atoms with Crippen LogP contribution in [0.3, 0.4) is 0 Å². The highest BCUT2D eigenvalue weighted by atomic mass is 16.5. The number of ether oxygens (including phenoxy) is 1. The van der Waals surface area contributed by atoms with Crippen LogP contribution < -0.4 is 11.1 Å². The molecule has 1 unspecified atom stereocenters. The number of hydrogen-bond donors (Lipinski definition) is 3. The maximum atomic E-state index is 11.9. The predicted octanol–water partition coefficient (Wildman–Crippen LogP) is 1.28. The minimum absolute atomic E-state index is 0.0162. The topological polar surface area (TPSA) is 115 Å². The van der Waals surface area contributed by atoms with E-state index in [0.29, 0.717) is 12.2 Å². The Hall–Kier alpha value is -2.93. The summed E-state index contributed by atoms with van der Waals surface area (Å²) in [6.07, 6.45) is 3.31. The Kier molecular flexibility index (Phi) is 5.86. The molecule has 7 nitrogen and oxygen atoms in total. The molecule has 0 aliphatic rings. The Morgan fingerprint density at radius 2 is 2.00 bits per heavy atom. The van der Waals surface area contributed by atoms with Crippen LogP contribution in [0.4, 0.5) is 0 Å². The fraction of sp³-hybridized carbons (Fsp3) is 0.235. The number of aromatic hydroxyl groups is 1. The van der Waals surface area contributed by atoms with Crippen molar-refractivity contribution < 1.29 is 19.4 Å². The number of nitrogens with zero attached hydrogens (tertiary/aromatic N) is 1. The zero-order chi connectivity index (χ0) is 17.5. The van der Waals surface area contributed by atoms with Gasteiger partial charge in [-0.2, -0.15) is 0 Å². The number of pyridine rings is 1. The Morgan fingerprint density at radius 1 is 1.29 bits per heavy atom. The largest absolute Gasteiger partial charge is 0.507 e. The molecule has 2 rings (SSSR count). The summed E-state index contributed by atoms with van der Waals surface area (Å²) in [5, 5.41) is 12.3.